The summed E-state index contributed by atoms with van der Waals surface area (Å²) in [5, 5.41) is 0. The summed E-state index contributed by atoms with van der Waals surface area (Å²) < 4.78 is 16.7. The quantitative estimate of drug-likeness (QED) is 0.569. The molecule has 1 aromatic heterocycles. The van der Waals surface area contributed by atoms with E-state index in [-0.39, 0.29) is 6.16 Å². The van der Waals surface area contributed by atoms with Crippen molar-refractivity contribution in [1.29, 1.82) is 0 Å². The van der Waals surface area contributed by atoms with E-state index >= 15 is 0 Å². The summed E-state index contributed by atoms with van der Waals surface area (Å²) >= 11 is 1.70. The molecular weight excluding hydrogens is 357 g/mol. The summed E-state index contributed by atoms with van der Waals surface area (Å²) in [7, 11) is -4.00. The van der Waals surface area contributed by atoms with Gasteiger partial charge in [0.15, 0.2) is 0 Å². The molecule has 0 bridgehead atoms. The SMILES string of the molecule is CCOc1ccccc1-c1ccc(CCC(C)(N)CCP(=O)(O)O)s1. The number of para-hydroxylation sites is 1. The lowest BCUT2D eigenvalue weighted by Crippen LogP contribution is -2.37. The average Bonchev–Trinajstić information content (AvgIpc) is 3.01. The van der Waals surface area contributed by atoms with E-state index in [9.17, 15) is 4.57 Å². The molecule has 1 heterocycles. The molecule has 0 aliphatic heterocycles. The van der Waals surface area contributed by atoms with Gasteiger partial charge in [0.05, 0.1) is 12.8 Å². The second-order valence-corrected chi connectivity index (χ2v) is 9.43. The molecule has 1 aromatic carbocycles. The first-order chi connectivity index (χ1) is 11.7. The largest absolute Gasteiger partial charge is 0.493 e. The Hall–Kier alpha value is -1.17. The van der Waals surface area contributed by atoms with Crippen molar-refractivity contribution < 1.29 is 19.1 Å². The first-order valence-electron chi connectivity index (χ1n) is 8.34. The highest BCUT2D eigenvalue weighted by Crippen LogP contribution is 2.38. The number of rotatable bonds is 9. The fourth-order valence-corrected chi connectivity index (χ4v) is 4.38. The van der Waals surface area contributed by atoms with Gasteiger partial charge in [-0.2, -0.15) is 0 Å². The van der Waals surface area contributed by atoms with Crippen molar-refractivity contribution in [3.8, 4) is 16.2 Å². The molecule has 0 radical (unpaired) electrons. The Kier molecular flexibility index (Phi) is 6.83. The van der Waals surface area contributed by atoms with Crippen LogP contribution in [0, 0.1) is 0 Å². The molecule has 4 N–H and O–H groups in total. The van der Waals surface area contributed by atoms with Gasteiger partial charge in [-0.3, -0.25) is 4.57 Å². The predicted octanol–water partition coefficient (Wildman–Crippen LogP) is 4.03. The van der Waals surface area contributed by atoms with Crippen LogP contribution in [0.4, 0.5) is 0 Å². The molecule has 2 aromatic rings. The first kappa shape index (κ1) is 20.1. The van der Waals surface area contributed by atoms with Crippen molar-refractivity contribution in [3.63, 3.8) is 0 Å². The van der Waals surface area contributed by atoms with Crippen LogP contribution in [-0.2, 0) is 11.0 Å². The number of hydrogen-bond donors (Lipinski definition) is 3. The van der Waals surface area contributed by atoms with Crippen molar-refractivity contribution in [1.82, 2.24) is 0 Å². The summed E-state index contributed by atoms with van der Waals surface area (Å²) in [4.78, 5) is 20.4. The zero-order valence-electron chi connectivity index (χ0n) is 14.6. The van der Waals surface area contributed by atoms with Crippen LogP contribution < -0.4 is 10.5 Å². The zero-order valence-corrected chi connectivity index (χ0v) is 16.4. The smallest absolute Gasteiger partial charge is 0.325 e. The normalized spacial score (nSPS) is 14.3. The van der Waals surface area contributed by atoms with E-state index in [1.807, 2.05) is 38.1 Å². The Labute approximate surface area is 153 Å². The van der Waals surface area contributed by atoms with Gasteiger partial charge in [-0.25, -0.2) is 0 Å². The summed E-state index contributed by atoms with van der Waals surface area (Å²) in [5.74, 6) is 0.878. The van der Waals surface area contributed by atoms with Crippen LogP contribution in [-0.4, -0.2) is 28.1 Å². The molecule has 0 fully saturated rings. The van der Waals surface area contributed by atoms with Gasteiger partial charge in [-0.1, -0.05) is 12.1 Å². The fourth-order valence-electron chi connectivity index (χ4n) is 2.54. The third kappa shape index (κ3) is 6.57. The highest BCUT2D eigenvalue weighted by molar-refractivity contribution is 7.51. The van der Waals surface area contributed by atoms with Crippen LogP contribution in [0.2, 0.25) is 0 Å². The Bertz CT molecular complexity index is 738. The maximum atomic E-state index is 11.0. The van der Waals surface area contributed by atoms with Gasteiger partial charge in [0.25, 0.3) is 0 Å². The molecule has 138 valence electrons. The molecule has 7 heteroatoms. The van der Waals surface area contributed by atoms with Crippen molar-refractivity contribution in [2.75, 3.05) is 12.8 Å². The van der Waals surface area contributed by atoms with Gasteiger partial charge >= 0.3 is 7.60 Å². The molecule has 0 saturated heterocycles. The number of benzene rings is 1. The second kappa shape index (κ2) is 8.47. The molecule has 25 heavy (non-hydrogen) atoms. The Morgan fingerprint density at radius 2 is 1.92 bits per heavy atom. The van der Waals surface area contributed by atoms with Crippen molar-refractivity contribution in [3.05, 3.63) is 41.3 Å². The van der Waals surface area contributed by atoms with Gasteiger partial charge in [-0.05, 0) is 57.4 Å². The highest BCUT2D eigenvalue weighted by atomic mass is 32.1. The van der Waals surface area contributed by atoms with Crippen LogP contribution in [0.5, 0.6) is 5.75 Å². The van der Waals surface area contributed by atoms with E-state index in [2.05, 4.69) is 12.1 Å². The second-order valence-electron chi connectivity index (χ2n) is 6.49. The Morgan fingerprint density at radius 3 is 2.60 bits per heavy atom. The molecule has 0 aliphatic carbocycles. The Balaban J connectivity index is 2.01. The molecule has 1 atom stereocenters. The van der Waals surface area contributed by atoms with Gasteiger partial charge < -0.3 is 20.3 Å². The number of hydrogen-bond acceptors (Lipinski definition) is 4. The number of nitrogens with two attached hydrogens (primary N) is 1. The van der Waals surface area contributed by atoms with Gasteiger partial charge in [-0.15, -0.1) is 11.3 Å². The highest BCUT2D eigenvalue weighted by Gasteiger charge is 2.24. The molecule has 0 saturated carbocycles. The third-order valence-corrected chi connectivity index (χ3v) is 6.02. The van der Waals surface area contributed by atoms with Gasteiger partial charge in [0.2, 0.25) is 0 Å². The third-order valence-electron chi connectivity index (χ3n) is 4.03. The monoisotopic (exact) mass is 383 g/mol. The van der Waals surface area contributed by atoms with Crippen LogP contribution >= 0.6 is 18.9 Å². The number of aryl methyl sites for hydroxylation is 1. The summed E-state index contributed by atoms with van der Waals surface area (Å²) in [5.41, 5.74) is 6.69. The predicted molar refractivity (Wildman–Crippen MR) is 103 cm³/mol. The van der Waals surface area contributed by atoms with Crippen LogP contribution in [0.3, 0.4) is 0 Å². The standard InChI is InChI=1S/C18H26NO4PS/c1-3-23-16-7-5-4-6-15(16)17-9-8-14(25-17)10-11-18(2,19)12-13-24(20,21)22/h4-9H,3,10-13,19H2,1-2H3,(H2,20,21,22). The van der Waals surface area contributed by atoms with E-state index in [4.69, 9.17) is 20.3 Å². The van der Waals surface area contributed by atoms with Crippen molar-refractivity contribution in [2.24, 2.45) is 5.73 Å². The van der Waals surface area contributed by atoms with E-state index in [1.54, 1.807) is 11.3 Å². The summed E-state index contributed by atoms with van der Waals surface area (Å²) in [6, 6.07) is 12.1. The van der Waals surface area contributed by atoms with Gasteiger partial charge in [0, 0.05) is 20.9 Å². The maximum absolute atomic E-state index is 11.0. The lowest BCUT2D eigenvalue weighted by Gasteiger charge is -2.24. The minimum Gasteiger partial charge on any atom is -0.493 e. The molecule has 2 rings (SSSR count). The fraction of sp³-hybridized carbons (Fsp3) is 0.444. The maximum Gasteiger partial charge on any atom is 0.325 e. The topological polar surface area (TPSA) is 92.8 Å². The summed E-state index contributed by atoms with van der Waals surface area (Å²) in [6.45, 7) is 4.44. The van der Waals surface area contributed by atoms with E-state index in [0.29, 0.717) is 19.4 Å². The molecule has 5 nitrogen and oxygen atoms in total. The number of thiophene rings is 1. The zero-order chi connectivity index (χ0) is 18.5. The lowest BCUT2D eigenvalue weighted by molar-refractivity contribution is 0.341. The molecule has 0 spiro atoms. The van der Waals surface area contributed by atoms with E-state index in [1.165, 1.54) is 4.88 Å². The van der Waals surface area contributed by atoms with Crippen molar-refractivity contribution >= 4 is 18.9 Å². The summed E-state index contributed by atoms with van der Waals surface area (Å²) in [6.07, 6.45) is 1.61. The minimum atomic E-state index is -4.00. The van der Waals surface area contributed by atoms with E-state index in [0.717, 1.165) is 22.6 Å². The van der Waals surface area contributed by atoms with Crippen LogP contribution in [0.15, 0.2) is 36.4 Å². The van der Waals surface area contributed by atoms with Crippen LogP contribution in [0.25, 0.3) is 10.4 Å². The Morgan fingerprint density at radius 1 is 1.20 bits per heavy atom. The van der Waals surface area contributed by atoms with E-state index < -0.39 is 13.1 Å². The molecular formula is C18H26NO4PS. The average molecular weight is 383 g/mol. The number of ether oxygens (including phenoxy) is 1. The first-order valence-corrected chi connectivity index (χ1v) is 11.0. The molecule has 1 unspecified atom stereocenters. The minimum absolute atomic E-state index is 0.169. The molecule has 0 aliphatic rings. The van der Waals surface area contributed by atoms with Crippen molar-refractivity contribution in [2.45, 2.75) is 38.6 Å². The molecule has 0 amide bonds. The van der Waals surface area contributed by atoms with Crippen LogP contribution in [0.1, 0.15) is 31.6 Å². The lowest BCUT2D eigenvalue weighted by atomic mass is 9.94. The van der Waals surface area contributed by atoms with Gasteiger partial charge in [0.1, 0.15) is 5.75 Å².